The molecule has 0 spiro atoms. The van der Waals surface area contributed by atoms with Gasteiger partial charge in [0.15, 0.2) is 0 Å². The van der Waals surface area contributed by atoms with Gasteiger partial charge in [0, 0.05) is 0 Å². The maximum Gasteiger partial charge on any atom is -0.00922 e. The lowest BCUT2D eigenvalue weighted by Gasteiger charge is -2.15. The van der Waals surface area contributed by atoms with Gasteiger partial charge in [-0.2, -0.15) is 0 Å². The summed E-state index contributed by atoms with van der Waals surface area (Å²) in [5.74, 6) is 0. The fourth-order valence-electron chi connectivity index (χ4n) is 10.9. The minimum Gasteiger partial charge on any atom is -0.0616 e. The minimum absolute atomic E-state index is 1.29. The van der Waals surface area contributed by atoms with Crippen molar-refractivity contribution in [2.45, 2.75) is 27.7 Å². The molecule has 0 aliphatic rings. The predicted molar refractivity (Wildman–Crippen MR) is 282 cm³/mol. The Labute approximate surface area is 371 Å². The van der Waals surface area contributed by atoms with Crippen LogP contribution < -0.4 is 0 Å². The van der Waals surface area contributed by atoms with Crippen LogP contribution in [0.3, 0.4) is 0 Å². The molecule has 0 nitrogen and oxygen atoms in total. The molecule has 14 aromatic rings. The van der Waals surface area contributed by atoms with Crippen molar-refractivity contribution in [3.8, 4) is 0 Å². The second kappa shape index (κ2) is 13.9. The molecule has 14 aromatic carbocycles. The third kappa shape index (κ3) is 5.69. The fraction of sp³-hybridized carbons (Fsp3) is 0.0625. The monoisotopic (exact) mass is 812 g/mol. The molecule has 0 unspecified atom stereocenters. The molecule has 0 heteroatoms. The Morgan fingerprint density at radius 3 is 0.656 bits per heavy atom. The van der Waals surface area contributed by atoms with E-state index in [0.717, 1.165) is 0 Å². The molecule has 0 aliphatic heterocycles. The number of rotatable bonds is 0. The molecule has 0 atom stereocenters. The number of hydrogen-bond donors (Lipinski definition) is 0. The highest BCUT2D eigenvalue weighted by molar-refractivity contribution is 6.32. The Balaban J connectivity index is 0.000000129. The van der Waals surface area contributed by atoms with E-state index in [9.17, 15) is 0 Å². The minimum atomic E-state index is 1.29. The molecule has 0 radical (unpaired) electrons. The zero-order valence-electron chi connectivity index (χ0n) is 36.5. The summed E-state index contributed by atoms with van der Waals surface area (Å²) in [5.41, 5.74) is 5.27. The highest BCUT2D eigenvalue weighted by Crippen LogP contribution is 2.43. The van der Waals surface area contributed by atoms with Crippen LogP contribution in [-0.4, -0.2) is 0 Å². The van der Waals surface area contributed by atoms with Crippen LogP contribution in [0.2, 0.25) is 0 Å². The largest absolute Gasteiger partial charge is 0.0616 e. The van der Waals surface area contributed by atoms with Crippen molar-refractivity contribution in [1.82, 2.24) is 0 Å². The molecule has 0 aromatic heterocycles. The number of fused-ring (bicyclic) bond motifs is 18. The van der Waals surface area contributed by atoms with E-state index in [2.05, 4.69) is 222 Å². The molecule has 0 saturated heterocycles. The van der Waals surface area contributed by atoms with Crippen molar-refractivity contribution in [2.24, 2.45) is 0 Å². The molecule has 300 valence electrons. The summed E-state index contributed by atoms with van der Waals surface area (Å²) in [6, 6.07) is 72.9. The summed E-state index contributed by atoms with van der Waals surface area (Å²) >= 11 is 0. The molecule has 0 saturated carbocycles. The van der Waals surface area contributed by atoms with Crippen molar-refractivity contribution >= 4 is 129 Å². The first-order valence-electron chi connectivity index (χ1n) is 22.5. The molecule has 0 fully saturated rings. The van der Waals surface area contributed by atoms with Gasteiger partial charge in [-0.05, 0) is 241 Å². The van der Waals surface area contributed by atoms with E-state index in [1.807, 2.05) is 0 Å². The molecule has 0 aliphatic carbocycles. The van der Waals surface area contributed by atoms with E-state index in [-0.39, 0.29) is 0 Å². The summed E-state index contributed by atoms with van der Waals surface area (Å²) in [5, 5.41) is 31.7. The zero-order chi connectivity index (χ0) is 42.8. The second-order valence-electron chi connectivity index (χ2n) is 18.4. The van der Waals surface area contributed by atoms with Gasteiger partial charge in [-0.1, -0.05) is 132 Å². The van der Waals surface area contributed by atoms with Crippen LogP contribution in [0.15, 0.2) is 194 Å². The quantitative estimate of drug-likeness (QED) is 0.106. The lowest BCUT2D eigenvalue weighted by atomic mass is 9.88. The van der Waals surface area contributed by atoms with Gasteiger partial charge >= 0.3 is 0 Å². The maximum atomic E-state index is 2.43. The van der Waals surface area contributed by atoms with Crippen LogP contribution in [0.5, 0.6) is 0 Å². The Kier molecular flexibility index (Phi) is 7.97. The van der Waals surface area contributed by atoms with Crippen molar-refractivity contribution in [1.29, 1.82) is 0 Å². The van der Waals surface area contributed by atoms with Gasteiger partial charge in [-0.3, -0.25) is 0 Å². The van der Waals surface area contributed by atoms with Crippen LogP contribution in [0.25, 0.3) is 129 Å². The van der Waals surface area contributed by atoms with Gasteiger partial charge in [0.25, 0.3) is 0 Å². The fourth-order valence-corrected chi connectivity index (χ4v) is 10.9. The third-order valence-corrected chi connectivity index (χ3v) is 14.3. The van der Waals surface area contributed by atoms with Gasteiger partial charge in [-0.25, -0.2) is 0 Å². The Hall–Kier alpha value is -7.80. The van der Waals surface area contributed by atoms with Crippen LogP contribution in [0.4, 0.5) is 0 Å². The summed E-state index contributed by atoms with van der Waals surface area (Å²) in [7, 11) is 0. The smallest absolute Gasteiger partial charge is 0.00922 e. The van der Waals surface area contributed by atoms with Crippen LogP contribution in [-0.2, 0) is 0 Å². The first-order chi connectivity index (χ1) is 31.3. The number of aryl methyl sites for hydroxylation is 4. The molecule has 64 heavy (non-hydrogen) atoms. The van der Waals surface area contributed by atoms with Gasteiger partial charge in [0.1, 0.15) is 0 Å². The van der Waals surface area contributed by atoms with Crippen molar-refractivity contribution in [3.05, 3.63) is 216 Å². The summed E-state index contributed by atoms with van der Waals surface area (Å²) in [4.78, 5) is 0. The maximum absolute atomic E-state index is 2.43. The van der Waals surface area contributed by atoms with E-state index in [0.29, 0.717) is 0 Å². The standard InChI is InChI=1S/2C32H22/c1-19-11-12-20(2)26-18-32-30-16-24-10-6-4-8-22(24)14-28(30)27-13-21-7-3-5-9-23(21)15-29(27)31(32)17-25(19)26;1-19-7-9-23-15-29-30-16-24-10-8-20(2)12-26(24)18-32(30)28-14-22-6-4-3-5-21(22)13-27(28)31(29)17-25(23)11-19/h2*3-18H,1-2H3. The van der Waals surface area contributed by atoms with E-state index in [1.54, 1.807) is 0 Å². The molecule has 0 amide bonds. The number of hydrogen-bond acceptors (Lipinski definition) is 0. The summed E-state index contributed by atoms with van der Waals surface area (Å²) < 4.78 is 0. The lowest BCUT2D eigenvalue weighted by Crippen LogP contribution is -1.88. The van der Waals surface area contributed by atoms with Crippen molar-refractivity contribution in [2.75, 3.05) is 0 Å². The van der Waals surface area contributed by atoms with Crippen molar-refractivity contribution in [3.63, 3.8) is 0 Å². The molecule has 0 bridgehead atoms. The second-order valence-corrected chi connectivity index (χ2v) is 18.4. The SMILES string of the molecule is Cc1ccc(C)c2cc3c4cc5ccccc5cc4c4cc5ccccc5cc4c3cc12.Cc1ccc2cc3c4cc5ccc(C)cc5cc4c4cc5ccccc5cc4c3cc2c1. The zero-order valence-corrected chi connectivity index (χ0v) is 36.5. The van der Waals surface area contributed by atoms with Crippen LogP contribution in [0.1, 0.15) is 22.3 Å². The number of benzene rings is 14. The predicted octanol–water partition coefficient (Wildman–Crippen LogP) is 18.4. The first-order valence-corrected chi connectivity index (χ1v) is 22.5. The molecular formula is C64H44. The van der Waals surface area contributed by atoms with E-state index in [1.165, 1.54) is 152 Å². The van der Waals surface area contributed by atoms with Crippen LogP contribution in [0, 0.1) is 27.7 Å². The molecule has 14 rings (SSSR count). The van der Waals surface area contributed by atoms with Gasteiger partial charge in [0.05, 0.1) is 0 Å². The molecular weight excluding hydrogens is 769 g/mol. The highest BCUT2D eigenvalue weighted by atomic mass is 14.2. The normalized spacial score (nSPS) is 12.1. The summed E-state index contributed by atoms with van der Waals surface area (Å²) in [6.07, 6.45) is 0. The lowest BCUT2D eigenvalue weighted by molar-refractivity contribution is 1.47. The Morgan fingerprint density at radius 1 is 0.172 bits per heavy atom. The first kappa shape index (κ1) is 36.8. The van der Waals surface area contributed by atoms with E-state index >= 15 is 0 Å². The average molecular weight is 813 g/mol. The average Bonchev–Trinajstić information content (AvgIpc) is 3.32. The Bertz CT molecular complexity index is 4000. The van der Waals surface area contributed by atoms with Crippen molar-refractivity contribution < 1.29 is 0 Å². The highest BCUT2D eigenvalue weighted by Gasteiger charge is 2.15. The van der Waals surface area contributed by atoms with E-state index < -0.39 is 0 Å². The van der Waals surface area contributed by atoms with Gasteiger partial charge < -0.3 is 0 Å². The van der Waals surface area contributed by atoms with Gasteiger partial charge in [-0.15, -0.1) is 0 Å². The van der Waals surface area contributed by atoms with E-state index in [4.69, 9.17) is 0 Å². The topological polar surface area (TPSA) is 0 Å². The Morgan fingerprint density at radius 2 is 0.391 bits per heavy atom. The summed E-state index contributed by atoms with van der Waals surface area (Å²) in [6.45, 7) is 8.78. The molecule has 0 N–H and O–H groups in total. The molecule has 0 heterocycles. The van der Waals surface area contributed by atoms with Gasteiger partial charge in [0.2, 0.25) is 0 Å². The van der Waals surface area contributed by atoms with Crippen LogP contribution >= 0.6 is 0 Å². The third-order valence-electron chi connectivity index (χ3n) is 14.3.